The second kappa shape index (κ2) is 4.97. The molecule has 1 unspecified atom stereocenters. The van der Waals surface area contributed by atoms with Crippen LogP contribution in [0.3, 0.4) is 0 Å². The number of sulfonamides is 1. The van der Waals surface area contributed by atoms with Gasteiger partial charge in [-0.1, -0.05) is 0 Å². The molecule has 2 aromatic rings. The minimum absolute atomic E-state index is 0.120. The lowest BCUT2D eigenvalue weighted by Gasteiger charge is -2.08. The van der Waals surface area contributed by atoms with E-state index in [1.165, 1.54) is 12.1 Å². The van der Waals surface area contributed by atoms with E-state index in [0.717, 1.165) is 5.56 Å². The molecule has 0 bridgehead atoms. The van der Waals surface area contributed by atoms with E-state index in [-0.39, 0.29) is 23.3 Å². The lowest BCUT2D eigenvalue weighted by atomic mass is 10.0. The Bertz CT molecular complexity index is 784. The second-order valence-electron chi connectivity index (χ2n) is 4.89. The Labute approximate surface area is 121 Å². The maximum atomic E-state index is 12.3. The first-order chi connectivity index (χ1) is 9.97. The van der Waals surface area contributed by atoms with Gasteiger partial charge in [-0.15, -0.1) is 0 Å². The Balaban J connectivity index is 1.85. The number of benzene rings is 1. The van der Waals surface area contributed by atoms with Crippen LogP contribution in [0.1, 0.15) is 24.0 Å². The molecular weight excluding hydrogens is 292 g/mol. The van der Waals surface area contributed by atoms with Crippen molar-refractivity contribution in [2.75, 3.05) is 5.32 Å². The van der Waals surface area contributed by atoms with Crippen molar-refractivity contribution in [3.63, 3.8) is 0 Å². The molecule has 1 aliphatic heterocycles. The van der Waals surface area contributed by atoms with E-state index in [9.17, 15) is 13.2 Å². The molecule has 3 N–H and O–H groups in total. The molecule has 1 aliphatic rings. The summed E-state index contributed by atoms with van der Waals surface area (Å²) in [7, 11) is -3.63. The van der Waals surface area contributed by atoms with E-state index in [0.29, 0.717) is 11.3 Å². The summed E-state index contributed by atoms with van der Waals surface area (Å²) in [6.07, 6.45) is 3.17. The summed E-state index contributed by atoms with van der Waals surface area (Å²) in [5.74, 6) is -0.463. The smallest absolute Gasteiger partial charge is 0.240 e. The fourth-order valence-electron chi connectivity index (χ4n) is 2.20. The molecule has 1 amide bonds. The van der Waals surface area contributed by atoms with Gasteiger partial charge in [0.25, 0.3) is 0 Å². The molecule has 21 heavy (non-hydrogen) atoms. The molecule has 3 rings (SSSR count). The molecule has 0 spiro atoms. The van der Waals surface area contributed by atoms with Gasteiger partial charge in [0, 0.05) is 24.0 Å². The number of rotatable bonds is 4. The van der Waals surface area contributed by atoms with Gasteiger partial charge >= 0.3 is 0 Å². The normalized spacial score (nSPS) is 17.6. The summed E-state index contributed by atoms with van der Waals surface area (Å²) in [4.78, 5) is 11.7. The SMILES string of the molecule is CC1C(=O)Nc2ccc(S(=O)(=O)NCc3cn[nH]c3)cc21. The highest BCUT2D eigenvalue weighted by Gasteiger charge is 2.28. The van der Waals surface area contributed by atoms with Crippen LogP contribution < -0.4 is 10.0 Å². The highest BCUT2D eigenvalue weighted by molar-refractivity contribution is 7.89. The van der Waals surface area contributed by atoms with Gasteiger partial charge in [-0.3, -0.25) is 9.89 Å². The quantitative estimate of drug-likeness (QED) is 0.782. The number of fused-ring (bicyclic) bond motifs is 1. The zero-order valence-electron chi connectivity index (χ0n) is 11.3. The van der Waals surface area contributed by atoms with Gasteiger partial charge in [-0.2, -0.15) is 5.10 Å². The van der Waals surface area contributed by atoms with E-state index in [1.807, 2.05) is 0 Å². The van der Waals surface area contributed by atoms with Crippen LogP contribution in [0, 0.1) is 0 Å². The molecule has 110 valence electrons. The maximum absolute atomic E-state index is 12.3. The molecule has 0 saturated heterocycles. The van der Waals surface area contributed by atoms with Crippen molar-refractivity contribution in [1.29, 1.82) is 0 Å². The summed E-state index contributed by atoms with van der Waals surface area (Å²) in [6, 6.07) is 4.63. The monoisotopic (exact) mass is 306 g/mol. The number of carbonyl (C=O) groups excluding carboxylic acids is 1. The van der Waals surface area contributed by atoms with Crippen LogP contribution in [0.15, 0.2) is 35.5 Å². The minimum atomic E-state index is -3.63. The lowest BCUT2D eigenvalue weighted by molar-refractivity contribution is -0.116. The first kappa shape index (κ1) is 13.8. The van der Waals surface area contributed by atoms with E-state index in [4.69, 9.17) is 0 Å². The van der Waals surface area contributed by atoms with E-state index in [2.05, 4.69) is 20.2 Å². The fourth-order valence-corrected chi connectivity index (χ4v) is 3.25. The number of hydrogen-bond acceptors (Lipinski definition) is 4. The topological polar surface area (TPSA) is 104 Å². The third-order valence-electron chi connectivity index (χ3n) is 3.47. The van der Waals surface area contributed by atoms with Gasteiger partial charge in [-0.25, -0.2) is 13.1 Å². The molecule has 0 saturated carbocycles. The molecule has 1 aromatic heterocycles. The Kier molecular flexibility index (Phi) is 3.26. The number of carbonyl (C=O) groups is 1. The third-order valence-corrected chi connectivity index (χ3v) is 4.87. The van der Waals surface area contributed by atoms with Crippen LogP contribution in [0.5, 0.6) is 0 Å². The standard InChI is InChI=1S/C13H14N4O3S/c1-8-11-4-10(2-3-12(11)17-13(8)18)21(19,20)16-7-9-5-14-15-6-9/h2-6,8,16H,7H2,1H3,(H,14,15)(H,17,18). The number of H-pyrrole nitrogens is 1. The van der Waals surface area contributed by atoms with Gasteiger partial charge in [0.15, 0.2) is 0 Å². The summed E-state index contributed by atoms with van der Waals surface area (Å²) in [5, 5.41) is 9.09. The molecule has 0 fully saturated rings. The third kappa shape index (κ3) is 2.55. The van der Waals surface area contributed by atoms with Gasteiger partial charge < -0.3 is 5.32 Å². The average molecular weight is 306 g/mol. The van der Waals surface area contributed by atoms with Crippen LogP contribution in [-0.2, 0) is 21.4 Å². The zero-order chi connectivity index (χ0) is 15.0. The van der Waals surface area contributed by atoms with Crippen molar-refractivity contribution in [3.05, 3.63) is 41.7 Å². The predicted octanol–water partition coefficient (Wildman–Crippen LogP) is 0.944. The Morgan fingerprint density at radius 1 is 1.38 bits per heavy atom. The van der Waals surface area contributed by atoms with Crippen LogP contribution in [0.25, 0.3) is 0 Å². The molecule has 1 atom stereocenters. The molecular formula is C13H14N4O3S. The van der Waals surface area contributed by atoms with Crippen molar-refractivity contribution in [1.82, 2.24) is 14.9 Å². The van der Waals surface area contributed by atoms with Gasteiger partial charge in [0.1, 0.15) is 0 Å². The van der Waals surface area contributed by atoms with E-state index in [1.54, 1.807) is 25.4 Å². The Hall–Kier alpha value is -2.19. The van der Waals surface area contributed by atoms with E-state index < -0.39 is 10.0 Å². The first-order valence-corrected chi connectivity index (χ1v) is 7.88. The number of nitrogens with one attached hydrogen (secondary N) is 3. The number of anilines is 1. The molecule has 2 heterocycles. The maximum Gasteiger partial charge on any atom is 0.240 e. The van der Waals surface area contributed by atoms with Crippen LogP contribution in [-0.4, -0.2) is 24.5 Å². The Morgan fingerprint density at radius 2 is 2.19 bits per heavy atom. The number of nitrogens with zero attached hydrogens (tertiary/aromatic N) is 1. The van der Waals surface area contributed by atoms with Gasteiger partial charge in [0.2, 0.25) is 15.9 Å². The van der Waals surface area contributed by atoms with Gasteiger partial charge in [-0.05, 0) is 30.7 Å². The van der Waals surface area contributed by atoms with Crippen molar-refractivity contribution in [3.8, 4) is 0 Å². The minimum Gasteiger partial charge on any atom is -0.325 e. The summed E-state index contributed by atoms with van der Waals surface area (Å²) < 4.78 is 27.0. The Morgan fingerprint density at radius 3 is 2.90 bits per heavy atom. The summed E-state index contributed by atoms with van der Waals surface area (Å²) in [5.41, 5.74) is 2.11. The van der Waals surface area contributed by atoms with E-state index >= 15 is 0 Å². The van der Waals surface area contributed by atoms with Gasteiger partial charge in [0.05, 0.1) is 17.0 Å². The number of amides is 1. The average Bonchev–Trinajstić information content (AvgIpc) is 3.06. The first-order valence-electron chi connectivity index (χ1n) is 6.39. The molecule has 0 radical (unpaired) electrons. The van der Waals surface area contributed by atoms with Crippen LogP contribution in [0.2, 0.25) is 0 Å². The predicted molar refractivity (Wildman–Crippen MR) is 76.1 cm³/mol. The van der Waals surface area contributed by atoms with Crippen molar-refractivity contribution in [2.45, 2.75) is 24.3 Å². The van der Waals surface area contributed by atoms with Crippen molar-refractivity contribution < 1.29 is 13.2 Å². The highest BCUT2D eigenvalue weighted by atomic mass is 32.2. The summed E-state index contributed by atoms with van der Waals surface area (Å²) in [6.45, 7) is 1.90. The molecule has 1 aromatic carbocycles. The zero-order valence-corrected chi connectivity index (χ0v) is 12.1. The van der Waals surface area contributed by atoms with Crippen LogP contribution in [0.4, 0.5) is 5.69 Å². The fraction of sp³-hybridized carbons (Fsp3) is 0.231. The molecule has 7 nitrogen and oxygen atoms in total. The van der Waals surface area contributed by atoms with Crippen molar-refractivity contribution in [2.24, 2.45) is 0 Å². The number of aromatic nitrogens is 2. The second-order valence-corrected chi connectivity index (χ2v) is 6.66. The summed E-state index contributed by atoms with van der Waals surface area (Å²) >= 11 is 0. The number of aromatic amines is 1. The lowest BCUT2D eigenvalue weighted by Crippen LogP contribution is -2.23. The van der Waals surface area contributed by atoms with Crippen LogP contribution >= 0.6 is 0 Å². The number of hydrogen-bond donors (Lipinski definition) is 3. The van der Waals surface area contributed by atoms with Crippen molar-refractivity contribution >= 4 is 21.6 Å². The molecule has 0 aliphatic carbocycles. The highest BCUT2D eigenvalue weighted by Crippen LogP contribution is 2.33. The molecule has 8 heteroatoms. The largest absolute Gasteiger partial charge is 0.325 e.